The first kappa shape index (κ1) is 22.1. The molecule has 0 spiro atoms. The summed E-state index contributed by atoms with van der Waals surface area (Å²) in [6.45, 7) is 0.464. The van der Waals surface area contributed by atoms with Gasteiger partial charge in [-0.15, -0.1) is 0 Å². The molecular weight excluding hydrogens is 508 g/mol. The van der Waals surface area contributed by atoms with E-state index in [1.165, 1.54) is 0 Å². The molecule has 8 nitrogen and oxygen atoms in total. The Morgan fingerprint density at radius 2 is 2.15 bits per heavy atom. The van der Waals surface area contributed by atoms with Gasteiger partial charge in [0.15, 0.2) is 5.82 Å². The molecule has 170 valence electrons. The number of halogens is 2. The predicted molar refractivity (Wildman–Crippen MR) is 132 cm³/mol. The fourth-order valence-corrected chi connectivity index (χ4v) is 4.37. The number of nitrogens with zero attached hydrogens (tertiary/aromatic N) is 6. The van der Waals surface area contributed by atoms with E-state index in [-0.39, 0.29) is 17.6 Å². The highest BCUT2D eigenvalue weighted by molar-refractivity contribution is 9.10. The average Bonchev–Trinajstić information content (AvgIpc) is 3.42. The van der Waals surface area contributed by atoms with Crippen molar-refractivity contribution in [3.63, 3.8) is 0 Å². The summed E-state index contributed by atoms with van der Waals surface area (Å²) in [6, 6.07) is 9.89. The zero-order valence-electron chi connectivity index (χ0n) is 18.2. The molecule has 1 fully saturated rings. The van der Waals surface area contributed by atoms with E-state index in [1.54, 1.807) is 12.5 Å². The Bertz CT molecular complexity index is 1340. The second kappa shape index (κ2) is 9.24. The zero-order valence-corrected chi connectivity index (χ0v) is 20.5. The van der Waals surface area contributed by atoms with Crippen LogP contribution in [0.25, 0.3) is 21.9 Å². The monoisotopic (exact) mass is 528 g/mol. The van der Waals surface area contributed by atoms with Gasteiger partial charge in [-0.1, -0.05) is 0 Å². The van der Waals surface area contributed by atoms with E-state index in [1.807, 2.05) is 60.1 Å². The van der Waals surface area contributed by atoms with Gasteiger partial charge in [-0.3, -0.25) is 4.98 Å². The van der Waals surface area contributed by atoms with Gasteiger partial charge >= 0.3 is 0 Å². The molecular formula is C23H22BrClN6O2. The van der Waals surface area contributed by atoms with E-state index < -0.39 is 0 Å². The van der Waals surface area contributed by atoms with Crippen LogP contribution in [0.3, 0.4) is 0 Å². The number of aromatic nitrogens is 4. The summed E-state index contributed by atoms with van der Waals surface area (Å²) < 4.78 is 15.2. The molecule has 5 rings (SSSR count). The molecule has 0 bridgehead atoms. The summed E-state index contributed by atoms with van der Waals surface area (Å²) in [6.07, 6.45) is 6.98. The first-order valence-corrected chi connectivity index (χ1v) is 11.7. The summed E-state index contributed by atoms with van der Waals surface area (Å²) in [4.78, 5) is 19.4. The van der Waals surface area contributed by atoms with Gasteiger partial charge in [-0.05, 0) is 64.6 Å². The lowest BCUT2D eigenvalue weighted by Gasteiger charge is -2.16. The van der Waals surface area contributed by atoms with Crippen LogP contribution in [0.15, 0.2) is 52.2 Å². The lowest BCUT2D eigenvalue weighted by Crippen LogP contribution is -2.18. The third-order valence-electron chi connectivity index (χ3n) is 5.39. The van der Waals surface area contributed by atoms with Gasteiger partial charge in [-0.25, -0.2) is 4.99 Å². The standard InChI is InChI=1S/C23H22BrClN6O2/c1-30(2)13-27-21-18-7-8-31(22(18)29-23(25)28-21)20-6-5-17(33-20)12-32-16-4-3-14-9-15(24)11-26-19(14)10-16/h3-4,7-11,13,17,20H,5-6,12H2,1-2H3/b27-13+/t17-,20?/m0/s1. The van der Waals surface area contributed by atoms with E-state index in [2.05, 4.69) is 35.9 Å². The van der Waals surface area contributed by atoms with Gasteiger partial charge in [0.1, 0.15) is 24.2 Å². The predicted octanol–water partition coefficient (Wildman–Crippen LogP) is 5.37. The number of rotatable bonds is 6. The van der Waals surface area contributed by atoms with Crippen LogP contribution in [0.5, 0.6) is 5.75 Å². The van der Waals surface area contributed by atoms with Crippen LogP contribution in [0, 0.1) is 0 Å². The van der Waals surface area contributed by atoms with Crippen LogP contribution in [0.2, 0.25) is 5.28 Å². The Labute approximate surface area is 204 Å². The first-order chi connectivity index (χ1) is 16.0. The second-order valence-electron chi connectivity index (χ2n) is 8.09. The molecule has 4 heterocycles. The minimum absolute atomic E-state index is 0.0236. The van der Waals surface area contributed by atoms with Crippen molar-refractivity contribution >= 4 is 61.6 Å². The maximum atomic E-state index is 6.28. The van der Waals surface area contributed by atoms with Crippen LogP contribution < -0.4 is 4.74 Å². The smallest absolute Gasteiger partial charge is 0.226 e. The summed E-state index contributed by atoms with van der Waals surface area (Å²) in [5, 5.41) is 2.04. The second-order valence-corrected chi connectivity index (χ2v) is 9.35. The summed E-state index contributed by atoms with van der Waals surface area (Å²) in [5.41, 5.74) is 1.60. The Hall–Kier alpha value is -2.75. The van der Waals surface area contributed by atoms with Crippen molar-refractivity contribution in [3.8, 4) is 5.75 Å². The first-order valence-electron chi connectivity index (χ1n) is 10.5. The Balaban J connectivity index is 1.29. The van der Waals surface area contributed by atoms with Crippen molar-refractivity contribution in [2.75, 3.05) is 20.7 Å². The van der Waals surface area contributed by atoms with Crippen molar-refractivity contribution in [2.45, 2.75) is 25.2 Å². The molecule has 1 aliphatic heterocycles. The van der Waals surface area contributed by atoms with Gasteiger partial charge in [0.25, 0.3) is 0 Å². The lowest BCUT2D eigenvalue weighted by atomic mass is 10.2. The van der Waals surface area contributed by atoms with Gasteiger partial charge in [-0.2, -0.15) is 9.97 Å². The average molecular weight is 530 g/mol. The van der Waals surface area contributed by atoms with E-state index in [0.717, 1.165) is 39.4 Å². The number of fused-ring (bicyclic) bond motifs is 2. The molecule has 1 aromatic carbocycles. The number of hydrogen-bond acceptors (Lipinski definition) is 6. The Morgan fingerprint density at radius 3 is 3.00 bits per heavy atom. The molecule has 0 N–H and O–H groups in total. The van der Waals surface area contributed by atoms with Crippen molar-refractivity contribution in [2.24, 2.45) is 4.99 Å². The molecule has 1 aliphatic rings. The highest BCUT2D eigenvalue weighted by atomic mass is 79.9. The topological polar surface area (TPSA) is 77.7 Å². The molecule has 2 atom stereocenters. The molecule has 0 radical (unpaired) electrons. The molecule has 4 aromatic rings. The summed E-state index contributed by atoms with van der Waals surface area (Å²) in [7, 11) is 3.80. The number of hydrogen-bond donors (Lipinski definition) is 0. The van der Waals surface area contributed by atoms with Crippen LogP contribution >= 0.6 is 27.5 Å². The van der Waals surface area contributed by atoms with Crippen LogP contribution in [-0.2, 0) is 4.74 Å². The zero-order chi connectivity index (χ0) is 22.9. The number of pyridine rings is 1. The van der Waals surface area contributed by atoms with Crippen molar-refractivity contribution in [1.29, 1.82) is 0 Å². The lowest BCUT2D eigenvalue weighted by molar-refractivity contribution is -0.0156. The number of benzene rings is 1. The number of aliphatic imine (C=N–C) groups is 1. The maximum Gasteiger partial charge on any atom is 0.226 e. The van der Waals surface area contributed by atoms with E-state index in [9.17, 15) is 0 Å². The molecule has 1 unspecified atom stereocenters. The normalized spacial score (nSPS) is 18.5. The van der Waals surface area contributed by atoms with Gasteiger partial charge in [0.05, 0.1) is 23.3 Å². The fraction of sp³-hybridized carbons (Fsp3) is 0.304. The van der Waals surface area contributed by atoms with Crippen molar-refractivity contribution in [1.82, 2.24) is 24.4 Å². The summed E-state index contributed by atoms with van der Waals surface area (Å²) in [5.74, 6) is 1.31. The SMILES string of the molecule is CN(C)/C=N/c1nc(Cl)nc2c1ccn2C1CC[C@@H](COc2ccc3cc(Br)cnc3c2)O1. The number of ether oxygens (including phenoxy) is 2. The minimum Gasteiger partial charge on any atom is -0.491 e. The summed E-state index contributed by atoms with van der Waals surface area (Å²) >= 11 is 9.63. The molecule has 10 heteroatoms. The van der Waals surface area contributed by atoms with Crippen LogP contribution in [-0.4, -0.2) is 57.6 Å². The molecule has 1 saturated heterocycles. The van der Waals surface area contributed by atoms with E-state index in [0.29, 0.717) is 18.1 Å². The Morgan fingerprint density at radius 1 is 1.27 bits per heavy atom. The van der Waals surface area contributed by atoms with Crippen molar-refractivity contribution in [3.05, 3.63) is 52.5 Å². The van der Waals surface area contributed by atoms with Crippen LogP contribution in [0.1, 0.15) is 19.1 Å². The molecule has 0 saturated carbocycles. The molecule has 0 amide bonds. The largest absolute Gasteiger partial charge is 0.491 e. The van der Waals surface area contributed by atoms with E-state index in [4.69, 9.17) is 21.1 Å². The maximum absolute atomic E-state index is 6.28. The molecule has 3 aromatic heterocycles. The molecule has 0 aliphatic carbocycles. The molecule has 33 heavy (non-hydrogen) atoms. The van der Waals surface area contributed by atoms with Gasteiger partial charge < -0.3 is 18.9 Å². The van der Waals surface area contributed by atoms with Gasteiger partial charge in [0.2, 0.25) is 5.28 Å². The highest BCUT2D eigenvalue weighted by Crippen LogP contribution is 2.34. The quantitative estimate of drug-likeness (QED) is 0.190. The Kier molecular flexibility index (Phi) is 6.18. The van der Waals surface area contributed by atoms with Gasteiger partial charge in [0, 0.05) is 42.4 Å². The minimum atomic E-state index is -0.150. The third kappa shape index (κ3) is 4.80. The fourth-order valence-electron chi connectivity index (χ4n) is 3.86. The third-order valence-corrected chi connectivity index (χ3v) is 5.99. The van der Waals surface area contributed by atoms with Crippen molar-refractivity contribution < 1.29 is 9.47 Å². The van der Waals surface area contributed by atoms with E-state index >= 15 is 0 Å². The van der Waals surface area contributed by atoms with Crippen LogP contribution in [0.4, 0.5) is 5.82 Å². The highest BCUT2D eigenvalue weighted by Gasteiger charge is 2.28.